The van der Waals surface area contributed by atoms with E-state index in [1.54, 1.807) is 0 Å². The van der Waals surface area contributed by atoms with Crippen LogP contribution in [0.4, 0.5) is 0 Å². The summed E-state index contributed by atoms with van der Waals surface area (Å²) in [7, 11) is 0. The maximum absolute atomic E-state index is 11.0. The lowest BCUT2D eigenvalue weighted by Crippen LogP contribution is -2.47. The van der Waals surface area contributed by atoms with Gasteiger partial charge in [0.1, 0.15) is 0 Å². The van der Waals surface area contributed by atoms with E-state index in [4.69, 9.17) is 18.0 Å². The molecule has 5 heteroatoms. The number of rotatable bonds is 2. The van der Waals surface area contributed by atoms with E-state index < -0.39 is 0 Å². The second-order valence-electron chi connectivity index (χ2n) is 3.52. The highest BCUT2D eigenvalue weighted by atomic mass is 32.1. The highest BCUT2D eigenvalue weighted by Crippen LogP contribution is 2.15. The quantitative estimate of drug-likeness (QED) is 0.640. The van der Waals surface area contributed by atoms with E-state index in [1.165, 1.54) is 0 Å². The fourth-order valence-electron chi connectivity index (χ4n) is 1.66. The van der Waals surface area contributed by atoms with E-state index in [9.17, 15) is 4.79 Å². The van der Waals surface area contributed by atoms with Crippen LogP contribution >= 0.6 is 12.2 Å². The van der Waals surface area contributed by atoms with Gasteiger partial charge < -0.3 is 16.0 Å². The van der Waals surface area contributed by atoms with Crippen LogP contribution in [0.3, 0.4) is 0 Å². The van der Waals surface area contributed by atoms with Crippen molar-refractivity contribution in [2.24, 2.45) is 11.7 Å². The molecule has 0 aliphatic carbocycles. The Morgan fingerprint density at radius 2 is 2.43 bits per heavy atom. The van der Waals surface area contributed by atoms with E-state index in [1.807, 2.05) is 11.8 Å². The second kappa shape index (κ2) is 5.14. The number of nitrogens with two attached hydrogens (primary N) is 1. The van der Waals surface area contributed by atoms with Gasteiger partial charge in [-0.25, -0.2) is 0 Å². The third kappa shape index (κ3) is 2.83. The molecule has 0 unspecified atom stereocenters. The standard InChI is InChI=1S/C9H17N3OS/c1-2-11-9(14)12-5-3-4-7(6-12)8(10)13/h7H,2-6H2,1H3,(H2,10,13)(H,11,14)/t7-/m0/s1. The van der Waals surface area contributed by atoms with Crippen LogP contribution < -0.4 is 11.1 Å². The van der Waals surface area contributed by atoms with Crippen LogP contribution in [0, 0.1) is 5.92 Å². The molecule has 1 rings (SSSR count). The second-order valence-corrected chi connectivity index (χ2v) is 3.91. The topological polar surface area (TPSA) is 58.4 Å². The first kappa shape index (κ1) is 11.2. The van der Waals surface area contributed by atoms with Gasteiger partial charge in [-0.1, -0.05) is 0 Å². The van der Waals surface area contributed by atoms with Crippen LogP contribution in [-0.4, -0.2) is 35.6 Å². The summed E-state index contributed by atoms with van der Waals surface area (Å²) in [5.74, 6) is -0.255. The van der Waals surface area contributed by atoms with Crippen molar-refractivity contribution in [1.82, 2.24) is 10.2 Å². The molecule has 0 spiro atoms. The summed E-state index contributed by atoms with van der Waals surface area (Å²) in [6.07, 6.45) is 1.87. The number of hydrogen-bond acceptors (Lipinski definition) is 2. The molecule has 1 atom stereocenters. The molecule has 14 heavy (non-hydrogen) atoms. The van der Waals surface area contributed by atoms with Gasteiger partial charge in [-0.05, 0) is 32.0 Å². The molecule has 0 bridgehead atoms. The minimum atomic E-state index is -0.214. The normalized spacial score (nSPS) is 21.8. The van der Waals surface area contributed by atoms with Gasteiger partial charge in [0.05, 0.1) is 5.92 Å². The number of carbonyl (C=O) groups is 1. The van der Waals surface area contributed by atoms with Crippen molar-refractivity contribution in [2.75, 3.05) is 19.6 Å². The van der Waals surface area contributed by atoms with E-state index in [2.05, 4.69) is 5.32 Å². The largest absolute Gasteiger partial charge is 0.369 e. The Balaban J connectivity index is 2.47. The smallest absolute Gasteiger partial charge is 0.222 e. The molecule has 0 aromatic heterocycles. The fourth-order valence-corrected chi connectivity index (χ4v) is 1.97. The first-order valence-corrected chi connectivity index (χ1v) is 5.38. The molecule has 80 valence electrons. The average Bonchev–Trinajstić information content (AvgIpc) is 2.18. The fraction of sp³-hybridized carbons (Fsp3) is 0.778. The first-order valence-electron chi connectivity index (χ1n) is 4.97. The summed E-state index contributed by atoms with van der Waals surface area (Å²) in [6, 6.07) is 0. The number of carbonyl (C=O) groups excluding carboxylic acids is 1. The number of thiocarbonyl (C=S) groups is 1. The SMILES string of the molecule is CCNC(=S)N1CCC[C@H](C(N)=O)C1. The van der Waals surface area contributed by atoms with Gasteiger partial charge in [0, 0.05) is 19.6 Å². The van der Waals surface area contributed by atoms with Crippen molar-refractivity contribution < 1.29 is 4.79 Å². The summed E-state index contributed by atoms with van der Waals surface area (Å²) < 4.78 is 0. The zero-order chi connectivity index (χ0) is 10.6. The maximum atomic E-state index is 11.0. The Morgan fingerprint density at radius 1 is 1.71 bits per heavy atom. The molecule has 0 radical (unpaired) electrons. The lowest BCUT2D eigenvalue weighted by molar-refractivity contribution is -0.122. The lowest BCUT2D eigenvalue weighted by atomic mass is 9.98. The molecule has 1 heterocycles. The molecule has 0 aromatic rings. The zero-order valence-electron chi connectivity index (χ0n) is 8.45. The molecule has 0 aromatic carbocycles. The maximum Gasteiger partial charge on any atom is 0.222 e. The van der Waals surface area contributed by atoms with Crippen molar-refractivity contribution in [3.05, 3.63) is 0 Å². The number of piperidine rings is 1. The highest BCUT2D eigenvalue weighted by molar-refractivity contribution is 7.80. The highest BCUT2D eigenvalue weighted by Gasteiger charge is 2.24. The monoisotopic (exact) mass is 215 g/mol. The zero-order valence-corrected chi connectivity index (χ0v) is 9.27. The van der Waals surface area contributed by atoms with Crippen LogP contribution in [0.1, 0.15) is 19.8 Å². The Morgan fingerprint density at radius 3 is 3.00 bits per heavy atom. The van der Waals surface area contributed by atoms with E-state index >= 15 is 0 Å². The van der Waals surface area contributed by atoms with Gasteiger partial charge in [-0.3, -0.25) is 4.79 Å². The van der Waals surface area contributed by atoms with Crippen LogP contribution in [0.2, 0.25) is 0 Å². The molecular weight excluding hydrogens is 198 g/mol. The summed E-state index contributed by atoms with van der Waals surface area (Å²) in [6.45, 7) is 4.41. The van der Waals surface area contributed by atoms with Crippen LogP contribution in [0.15, 0.2) is 0 Å². The third-order valence-electron chi connectivity index (χ3n) is 2.44. The van der Waals surface area contributed by atoms with Crippen LogP contribution in [0.5, 0.6) is 0 Å². The summed E-state index contributed by atoms with van der Waals surface area (Å²) in [5.41, 5.74) is 5.27. The van der Waals surface area contributed by atoms with Crippen molar-refractivity contribution >= 4 is 23.2 Å². The molecular formula is C9H17N3OS. The van der Waals surface area contributed by atoms with Crippen molar-refractivity contribution in [2.45, 2.75) is 19.8 Å². The minimum Gasteiger partial charge on any atom is -0.369 e. The summed E-state index contributed by atoms with van der Waals surface area (Å²) in [5, 5.41) is 3.81. The van der Waals surface area contributed by atoms with Crippen LogP contribution in [0.25, 0.3) is 0 Å². The molecule has 1 fully saturated rings. The predicted molar refractivity (Wildman–Crippen MR) is 59.8 cm³/mol. The molecule has 1 aliphatic heterocycles. The Kier molecular flexibility index (Phi) is 4.13. The molecule has 4 nitrogen and oxygen atoms in total. The lowest BCUT2D eigenvalue weighted by Gasteiger charge is -2.33. The van der Waals surface area contributed by atoms with Crippen molar-refractivity contribution in [3.8, 4) is 0 Å². The van der Waals surface area contributed by atoms with E-state index in [0.717, 1.165) is 31.0 Å². The third-order valence-corrected chi connectivity index (χ3v) is 2.84. The molecule has 1 saturated heterocycles. The van der Waals surface area contributed by atoms with Gasteiger partial charge in [-0.15, -0.1) is 0 Å². The van der Waals surface area contributed by atoms with Crippen molar-refractivity contribution in [3.63, 3.8) is 0 Å². The predicted octanol–water partition coefficient (Wildman–Crippen LogP) is 0.0781. The van der Waals surface area contributed by atoms with E-state index in [-0.39, 0.29) is 11.8 Å². The number of primary amides is 1. The average molecular weight is 215 g/mol. The van der Waals surface area contributed by atoms with E-state index in [0.29, 0.717) is 6.54 Å². The van der Waals surface area contributed by atoms with Crippen molar-refractivity contribution in [1.29, 1.82) is 0 Å². The molecule has 1 aliphatic rings. The number of likely N-dealkylation sites (tertiary alicyclic amines) is 1. The summed E-state index contributed by atoms with van der Waals surface area (Å²) in [4.78, 5) is 13.0. The summed E-state index contributed by atoms with van der Waals surface area (Å²) >= 11 is 5.18. The molecule has 0 saturated carbocycles. The Hall–Kier alpha value is -0.840. The minimum absolute atomic E-state index is 0.0413. The number of amides is 1. The first-order chi connectivity index (χ1) is 6.65. The van der Waals surface area contributed by atoms with Gasteiger partial charge in [0.15, 0.2) is 5.11 Å². The molecule has 3 N–H and O–H groups in total. The van der Waals surface area contributed by atoms with Gasteiger partial charge in [0.2, 0.25) is 5.91 Å². The number of nitrogens with zero attached hydrogens (tertiary/aromatic N) is 1. The number of hydrogen-bond donors (Lipinski definition) is 2. The van der Waals surface area contributed by atoms with Gasteiger partial charge in [-0.2, -0.15) is 0 Å². The molecule has 1 amide bonds. The van der Waals surface area contributed by atoms with Gasteiger partial charge in [0.25, 0.3) is 0 Å². The number of nitrogens with one attached hydrogen (secondary N) is 1. The Bertz CT molecular complexity index is 232. The van der Waals surface area contributed by atoms with Crippen LogP contribution in [-0.2, 0) is 4.79 Å². The Labute approximate surface area is 89.8 Å². The van der Waals surface area contributed by atoms with Gasteiger partial charge >= 0.3 is 0 Å².